The number of nitrogens with two attached hydrogens (primary N) is 1. The third-order valence-electron chi connectivity index (χ3n) is 3.46. The standard InChI is InChI=1S/C12H20BrN5O/c1-8(9-3-4-9)18(5-6-19-2)11-10(13)7-15-12(16-11)17-14/h7-9H,3-6,14H2,1-2H3,(H,15,16,17). The van der Waals surface area contributed by atoms with Crippen LogP contribution >= 0.6 is 15.9 Å². The van der Waals surface area contributed by atoms with Gasteiger partial charge in [-0.25, -0.2) is 10.8 Å². The van der Waals surface area contributed by atoms with Gasteiger partial charge in [-0.2, -0.15) is 4.98 Å². The van der Waals surface area contributed by atoms with E-state index in [9.17, 15) is 0 Å². The number of anilines is 2. The minimum absolute atomic E-state index is 0.420. The van der Waals surface area contributed by atoms with E-state index < -0.39 is 0 Å². The number of nitrogens with one attached hydrogen (secondary N) is 1. The average Bonchev–Trinajstić information content (AvgIpc) is 3.25. The van der Waals surface area contributed by atoms with E-state index in [0.29, 0.717) is 18.6 Å². The minimum Gasteiger partial charge on any atom is -0.383 e. The highest BCUT2D eigenvalue weighted by atomic mass is 79.9. The van der Waals surface area contributed by atoms with Gasteiger partial charge in [-0.05, 0) is 41.6 Å². The van der Waals surface area contributed by atoms with Gasteiger partial charge in [0.05, 0.1) is 11.1 Å². The zero-order chi connectivity index (χ0) is 13.8. The Hall–Kier alpha value is -0.920. The van der Waals surface area contributed by atoms with Gasteiger partial charge in [0.25, 0.3) is 0 Å². The molecule has 0 aliphatic heterocycles. The molecule has 1 heterocycles. The van der Waals surface area contributed by atoms with Crippen LogP contribution in [0.1, 0.15) is 19.8 Å². The van der Waals surface area contributed by atoms with Gasteiger partial charge in [0.2, 0.25) is 5.95 Å². The van der Waals surface area contributed by atoms with Crippen molar-refractivity contribution in [1.82, 2.24) is 9.97 Å². The smallest absolute Gasteiger partial charge is 0.239 e. The summed E-state index contributed by atoms with van der Waals surface area (Å²) < 4.78 is 6.07. The maximum atomic E-state index is 5.38. The van der Waals surface area contributed by atoms with Crippen LogP contribution < -0.4 is 16.2 Å². The van der Waals surface area contributed by atoms with Crippen LogP contribution in [0.2, 0.25) is 0 Å². The van der Waals surface area contributed by atoms with Gasteiger partial charge in [-0.1, -0.05) is 0 Å². The fourth-order valence-corrected chi connectivity index (χ4v) is 2.57. The van der Waals surface area contributed by atoms with Gasteiger partial charge >= 0.3 is 0 Å². The molecule has 1 aliphatic carbocycles. The number of ether oxygens (including phenoxy) is 1. The summed E-state index contributed by atoms with van der Waals surface area (Å²) >= 11 is 3.51. The highest BCUT2D eigenvalue weighted by Gasteiger charge is 2.33. The summed E-state index contributed by atoms with van der Waals surface area (Å²) in [6.07, 6.45) is 4.29. The Morgan fingerprint density at radius 2 is 2.37 bits per heavy atom. The van der Waals surface area contributed by atoms with Crippen molar-refractivity contribution in [2.24, 2.45) is 11.8 Å². The lowest BCUT2D eigenvalue weighted by atomic mass is 10.2. The zero-order valence-corrected chi connectivity index (χ0v) is 12.9. The first-order valence-corrected chi connectivity index (χ1v) is 7.21. The van der Waals surface area contributed by atoms with Crippen molar-refractivity contribution in [3.8, 4) is 0 Å². The Kier molecular flexibility index (Phi) is 4.95. The topological polar surface area (TPSA) is 76.3 Å². The number of nitrogens with zero attached hydrogens (tertiary/aromatic N) is 3. The lowest BCUT2D eigenvalue weighted by molar-refractivity contribution is 0.202. The zero-order valence-electron chi connectivity index (χ0n) is 11.3. The molecule has 1 aliphatic rings. The van der Waals surface area contributed by atoms with Crippen LogP contribution in [0.25, 0.3) is 0 Å². The number of rotatable bonds is 7. The number of halogens is 1. The lowest BCUT2D eigenvalue weighted by Gasteiger charge is -2.31. The summed E-state index contributed by atoms with van der Waals surface area (Å²) in [5.74, 6) is 7.41. The number of hydrazine groups is 1. The summed E-state index contributed by atoms with van der Waals surface area (Å²) in [4.78, 5) is 10.8. The fraction of sp³-hybridized carbons (Fsp3) is 0.667. The highest BCUT2D eigenvalue weighted by molar-refractivity contribution is 9.10. The molecule has 2 rings (SSSR count). The molecule has 1 saturated carbocycles. The van der Waals surface area contributed by atoms with Crippen LogP contribution in [0.3, 0.4) is 0 Å². The normalized spacial score (nSPS) is 16.2. The molecule has 1 unspecified atom stereocenters. The summed E-state index contributed by atoms with van der Waals surface area (Å²) in [6, 6.07) is 0.437. The van der Waals surface area contributed by atoms with E-state index >= 15 is 0 Å². The molecule has 3 N–H and O–H groups in total. The van der Waals surface area contributed by atoms with Crippen molar-refractivity contribution in [3.63, 3.8) is 0 Å². The maximum Gasteiger partial charge on any atom is 0.239 e. The van der Waals surface area contributed by atoms with Gasteiger partial charge in [0.1, 0.15) is 5.82 Å². The fourth-order valence-electron chi connectivity index (χ4n) is 2.15. The average molecular weight is 330 g/mol. The molecular formula is C12H20BrN5O. The third kappa shape index (κ3) is 3.55. The van der Waals surface area contributed by atoms with E-state index in [1.54, 1.807) is 13.3 Å². The Labute approximate surface area is 121 Å². The van der Waals surface area contributed by atoms with Crippen molar-refractivity contribution >= 4 is 27.7 Å². The van der Waals surface area contributed by atoms with E-state index in [2.05, 4.69) is 43.1 Å². The molecule has 0 saturated heterocycles. The molecule has 1 fully saturated rings. The minimum atomic E-state index is 0.420. The van der Waals surface area contributed by atoms with Crippen molar-refractivity contribution in [3.05, 3.63) is 10.7 Å². The molecule has 19 heavy (non-hydrogen) atoms. The Morgan fingerprint density at radius 3 is 2.95 bits per heavy atom. The SMILES string of the molecule is COCCN(c1nc(NN)ncc1Br)C(C)C1CC1. The largest absolute Gasteiger partial charge is 0.383 e. The Bertz CT molecular complexity index is 427. The van der Waals surface area contributed by atoms with E-state index in [-0.39, 0.29) is 0 Å². The summed E-state index contributed by atoms with van der Waals surface area (Å²) in [7, 11) is 1.71. The van der Waals surface area contributed by atoms with Crippen LogP contribution in [-0.4, -0.2) is 36.3 Å². The molecule has 0 bridgehead atoms. The molecule has 7 heteroatoms. The molecule has 0 aromatic carbocycles. The summed E-state index contributed by atoms with van der Waals surface area (Å²) in [5, 5.41) is 0. The molecule has 0 radical (unpaired) electrons. The highest BCUT2D eigenvalue weighted by Crippen LogP contribution is 2.38. The quantitative estimate of drug-likeness (QED) is 0.586. The molecule has 1 aromatic rings. The number of methoxy groups -OCH3 is 1. The van der Waals surface area contributed by atoms with Gasteiger partial charge in [-0.15, -0.1) is 0 Å². The number of hydrogen-bond donors (Lipinski definition) is 2. The van der Waals surface area contributed by atoms with Crippen molar-refractivity contribution in [2.75, 3.05) is 30.6 Å². The summed E-state index contributed by atoms with van der Waals surface area (Å²) in [6.45, 7) is 3.70. The van der Waals surface area contributed by atoms with Gasteiger partial charge in [0.15, 0.2) is 0 Å². The first-order valence-electron chi connectivity index (χ1n) is 6.42. The second kappa shape index (κ2) is 6.49. The van der Waals surface area contributed by atoms with Crippen LogP contribution in [0.15, 0.2) is 10.7 Å². The van der Waals surface area contributed by atoms with Crippen molar-refractivity contribution in [1.29, 1.82) is 0 Å². The van der Waals surface area contributed by atoms with Crippen LogP contribution in [0.4, 0.5) is 11.8 Å². The predicted molar refractivity (Wildman–Crippen MR) is 79.0 cm³/mol. The predicted octanol–water partition coefficient (Wildman–Crippen LogP) is 1.78. The molecule has 0 amide bonds. The van der Waals surface area contributed by atoms with E-state index in [4.69, 9.17) is 10.6 Å². The molecular weight excluding hydrogens is 310 g/mol. The van der Waals surface area contributed by atoms with E-state index in [0.717, 1.165) is 22.8 Å². The molecule has 0 spiro atoms. The van der Waals surface area contributed by atoms with Gasteiger partial charge in [-0.3, -0.25) is 5.43 Å². The number of aromatic nitrogens is 2. The molecule has 6 nitrogen and oxygen atoms in total. The first-order chi connectivity index (χ1) is 9.17. The maximum absolute atomic E-state index is 5.38. The Balaban J connectivity index is 2.24. The second-order valence-corrected chi connectivity index (χ2v) is 5.63. The van der Waals surface area contributed by atoms with Crippen molar-refractivity contribution < 1.29 is 4.74 Å². The molecule has 1 atom stereocenters. The number of hydrogen-bond acceptors (Lipinski definition) is 6. The van der Waals surface area contributed by atoms with E-state index in [1.807, 2.05) is 0 Å². The number of nitrogen functional groups attached to an aromatic ring is 1. The monoisotopic (exact) mass is 329 g/mol. The van der Waals surface area contributed by atoms with Gasteiger partial charge in [0, 0.05) is 25.9 Å². The van der Waals surface area contributed by atoms with Gasteiger partial charge < -0.3 is 9.64 Å². The second-order valence-electron chi connectivity index (χ2n) is 4.77. The summed E-state index contributed by atoms with van der Waals surface area (Å²) in [5.41, 5.74) is 2.49. The van der Waals surface area contributed by atoms with Crippen LogP contribution in [0.5, 0.6) is 0 Å². The van der Waals surface area contributed by atoms with Crippen LogP contribution in [-0.2, 0) is 4.74 Å². The molecule has 106 valence electrons. The first kappa shape index (κ1) is 14.5. The van der Waals surface area contributed by atoms with E-state index in [1.165, 1.54) is 12.8 Å². The Morgan fingerprint density at radius 1 is 1.63 bits per heavy atom. The van der Waals surface area contributed by atoms with Crippen molar-refractivity contribution in [2.45, 2.75) is 25.8 Å². The molecule has 1 aromatic heterocycles. The van der Waals surface area contributed by atoms with Crippen LogP contribution in [0, 0.1) is 5.92 Å². The third-order valence-corrected chi connectivity index (χ3v) is 4.02. The lowest BCUT2D eigenvalue weighted by Crippen LogP contribution is -2.38.